The minimum atomic E-state index is 1.16. The van der Waals surface area contributed by atoms with Crippen molar-refractivity contribution in [2.45, 2.75) is 20.8 Å². The summed E-state index contributed by atoms with van der Waals surface area (Å²) in [5.41, 5.74) is 6.26. The predicted octanol–water partition coefficient (Wildman–Crippen LogP) is 5.51. The maximum Gasteiger partial charge on any atom is 0.0464 e. The molecule has 0 bridgehead atoms. The van der Waals surface area contributed by atoms with E-state index in [-0.39, 0.29) is 0 Å². The second kappa shape index (κ2) is 5.01. The van der Waals surface area contributed by atoms with E-state index in [0.29, 0.717) is 0 Å². The normalized spacial score (nSPS) is 10.8. The Morgan fingerprint density at radius 3 is 2.15 bits per heavy atom. The highest BCUT2D eigenvalue weighted by molar-refractivity contribution is 5.95. The van der Waals surface area contributed by atoms with Gasteiger partial charge in [0.05, 0.1) is 0 Å². The molecule has 1 nitrogen and oxygen atoms in total. The van der Waals surface area contributed by atoms with E-state index in [0.717, 1.165) is 5.69 Å². The maximum absolute atomic E-state index is 3.61. The first kappa shape index (κ1) is 12.7. The Labute approximate surface area is 120 Å². The lowest BCUT2D eigenvalue weighted by Gasteiger charge is -2.15. The summed E-state index contributed by atoms with van der Waals surface area (Å²) in [6.07, 6.45) is 0. The molecule has 0 saturated carbocycles. The largest absolute Gasteiger partial charge is 0.355 e. The SMILES string of the molecule is Cc1cc(C)c(Nc2cccc3ccccc23)c(C)c1. The average Bonchev–Trinajstić information content (AvgIpc) is 2.43. The second-order valence-electron chi connectivity index (χ2n) is 5.43. The van der Waals surface area contributed by atoms with Crippen LogP contribution in [-0.2, 0) is 0 Å². The molecule has 0 aliphatic heterocycles. The average molecular weight is 261 g/mol. The summed E-state index contributed by atoms with van der Waals surface area (Å²) in [5.74, 6) is 0. The minimum Gasteiger partial charge on any atom is -0.355 e. The van der Waals surface area contributed by atoms with Gasteiger partial charge in [-0.1, -0.05) is 54.1 Å². The van der Waals surface area contributed by atoms with E-state index < -0.39 is 0 Å². The van der Waals surface area contributed by atoms with Gasteiger partial charge < -0.3 is 5.32 Å². The molecular weight excluding hydrogens is 242 g/mol. The van der Waals surface area contributed by atoms with E-state index in [1.54, 1.807) is 0 Å². The number of aryl methyl sites for hydroxylation is 3. The van der Waals surface area contributed by atoms with Gasteiger partial charge in [-0.15, -0.1) is 0 Å². The number of anilines is 2. The standard InChI is InChI=1S/C19H19N/c1-13-11-14(2)19(15(3)12-13)20-18-10-6-8-16-7-4-5-9-17(16)18/h4-12,20H,1-3H3. The van der Waals surface area contributed by atoms with Crippen LogP contribution in [0.25, 0.3) is 10.8 Å². The van der Waals surface area contributed by atoms with Crippen molar-refractivity contribution in [2.24, 2.45) is 0 Å². The summed E-state index contributed by atoms with van der Waals surface area (Å²) in [5, 5.41) is 6.13. The summed E-state index contributed by atoms with van der Waals surface area (Å²) in [4.78, 5) is 0. The van der Waals surface area contributed by atoms with Crippen molar-refractivity contribution in [1.82, 2.24) is 0 Å². The zero-order chi connectivity index (χ0) is 14.1. The highest BCUT2D eigenvalue weighted by atomic mass is 14.9. The molecule has 0 atom stereocenters. The van der Waals surface area contributed by atoms with Crippen LogP contribution < -0.4 is 5.32 Å². The maximum atomic E-state index is 3.61. The Morgan fingerprint density at radius 2 is 1.40 bits per heavy atom. The summed E-state index contributed by atoms with van der Waals surface area (Å²) in [6, 6.07) is 19.3. The van der Waals surface area contributed by atoms with Crippen LogP contribution in [0, 0.1) is 20.8 Å². The number of rotatable bonds is 2. The molecule has 0 aromatic heterocycles. The summed E-state index contributed by atoms with van der Waals surface area (Å²) >= 11 is 0. The molecule has 0 aliphatic rings. The molecule has 3 rings (SSSR count). The van der Waals surface area contributed by atoms with E-state index in [1.807, 2.05) is 0 Å². The Morgan fingerprint density at radius 1 is 0.750 bits per heavy atom. The fourth-order valence-electron chi connectivity index (χ4n) is 2.85. The number of hydrogen-bond acceptors (Lipinski definition) is 1. The number of hydrogen-bond donors (Lipinski definition) is 1. The fourth-order valence-corrected chi connectivity index (χ4v) is 2.85. The van der Waals surface area contributed by atoms with E-state index in [9.17, 15) is 0 Å². The number of fused-ring (bicyclic) bond motifs is 1. The molecule has 1 N–H and O–H groups in total. The van der Waals surface area contributed by atoms with Crippen molar-refractivity contribution in [3.05, 3.63) is 71.3 Å². The third-order valence-electron chi connectivity index (χ3n) is 3.73. The van der Waals surface area contributed by atoms with Crippen molar-refractivity contribution >= 4 is 22.1 Å². The summed E-state index contributed by atoms with van der Waals surface area (Å²) in [7, 11) is 0. The molecule has 0 aliphatic carbocycles. The third kappa shape index (κ3) is 2.27. The van der Waals surface area contributed by atoms with Gasteiger partial charge in [0, 0.05) is 16.8 Å². The first-order chi connectivity index (χ1) is 9.65. The van der Waals surface area contributed by atoms with E-state index in [4.69, 9.17) is 0 Å². The highest BCUT2D eigenvalue weighted by Gasteiger charge is 2.06. The van der Waals surface area contributed by atoms with Gasteiger partial charge in [-0.25, -0.2) is 0 Å². The van der Waals surface area contributed by atoms with Crippen molar-refractivity contribution < 1.29 is 0 Å². The molecule has 0 heterocycles. The van der Waals surface area contributed by atoms with Crippen LogP contribution in [0.5, 0.6) is 0 Å². The molecule has 0 fully saturated rings. The van der Waals surface area contributed by atoms with Crippen LogP contribution in [0.15, 0.2) is 54.6 Å². The minimum absolute atomic E-state index is 1.16. The Bertz CT molecular complexity index is 743. The Balaban J connectivity index is 2.10. The second-order valence-corrected chi connectivity index (χ2v) is 5.43. The third-order valence-corrected chi connectivity index (χ3v) is 3.73. The highest BCUT2D eigenvalue weighted by Crippen LogP contribution is 2.30. The monoisotopic (exact) mass is 261 g/mol. The molecule has 20 heavy (non-hydrogen) atoms. The molecule has 3 aromatic rings. The van der Waals surface area contributed by atoms with Gasteiger partial charge in [-0.3, -0.25) is 0 Å². The quantitative estimate of drug-likeness (QED) is 0.641. The van der Waals surface area contributed by atoms with Gasteiger partial charge in [0.2, 0.25) is 0 Å². The van der Waals surface area contributed by atoms with E-state index in [2.05, 4.69) is 80.7 Å². The lowest BCUT2D eigenvalue weighted by molar-refractivity contribution is 1.31. The molecule has 100 valence electrons. The van der Waals surface area contributed by atoms with Crippen molar-refractivity contribution in [3.8, 4) is 0 Å². The first-order valence-corrected chi connectivity index (χ1v) is 6.98. The zero-order valence-electron chi connectivity index (χ0n) is 12.2. The van der Waals surface area contributed by atoms with Crippen LogP contribution >= 0.6 is 0 Å². The van der Waals surface area contributed by atoms with E-state index >= 15 is 0 Å². The van der Waals surface area contributed by atoms with Crippen LogP contribution in [0.1, 0.15) is 16.7 Å². The van der Waals surface area contributed by atoms with Gasteiger partial charge in [0.15, 0.2) is 0 Å². The van der Waals surface area contributed by atoms with Crippen LogP contribution in [-0.4, -0.2) is 0 Å². The van der Waals surface area contributed by atoms with Crippen molar-refractivity contribution in [3.63, 3.8) is 0 Å². The van der Waals surface area contributed by atoms with Gasteiger partial charge in [0.1, 0.15) is 0 Å². The lowest BCUT2D eigenvalue weighted by Crippen LogP contribution is -1.97. The summed E-state index contributed by atoms with van der Waals surface area (Å²) in [6.45, 7) is 6.46. The molecular formula is C19H19N. The first-order valence-electron chi connectivity index (χ1n) is 6.98. The molecule has 3 aromatic carbocycles. The van der Waals surface area contributed by atoms with Crippen LogP contribution in [0.2, 0.25) is 0 Å². The van der Waals surface area contributed by atoms with Crippen LogP contribution in [0.3, 0.4) is 0 Å². The lowest BCUT2D eigenvalue weighted by atomic mass is 10.0. The molecule has 0 radical (unpaired) electrons. The molecule has 0 amide bonds. The number of benzene rings is 3. The van der Waals surface area contributed by atoms with Crippen molar-refractivity contribution in [1.29, 1.82) is 0 Å². The number of nitrogens with one attached hydrogen (secondary N) is 1. The zero-order valence-corrected chi connectivity index (χ0v) is 12.2. The van der Waals surface area contributed by atoms with Gasteiger partial charge in [-0.05, 0) is 43.4 Å². The topological polar surface area (TPSA) is 12.0 Å². The molecule has 0 saturated heterocycles. The summed E-state index contributed by atoms with van der Waals surface area (Å²) < 4.78 is 0. The Kier molecular flexibility index (Phi) is 3.19. The van der Waals surface area contributed by atoms with Gasteiger partial charge >= 0.3 is 0 Å². The fraction of sp³-hybridized carbons (Fsp3) is 0.158. The molecule has 0 spiro atoms. The van der Waals surface area contributed by atoms with Crippen LogP contribution in [0.4, 0.5) is 11.4 Å². The van der Waals surface area contributed by atoms with E-state index in [1.165, 1.54) is 33.2 Å². The smallest absolute Gasteiger partial charge is 0.0464 e. The van der Waals surface area contributed by atoms with Crippen molar-refractivity contribution in [2.75, 3.05) is 5.32 Å². The molecule has 0 unspecified atom stereocenters. The Hall–Kier alpha value is -2.28. The predicted molar refractivity (Wildman–Crippen MR) is 87.9 cm³/mol. The molecule has 1 heteroatoms. The van der Waals surface area contributed by atoms with Gasteiger partial charge in [-0.2, -0.15) is 0 Å². The van der Waals surface area contributed by atoms with Gasteiger partial charge in [0.25, 0.3) is 0 Å².